The van der Waals surface area contributed by atoms with Gasteiger partial charge in [-0.1, -0.05) is 12.1 Å². The molecule has 1 saturated heterocycles. The number of likely N-dealkylation sites (tertiary alicyclic amines) is 1. The highest BCUT2D eigenvalue weighted by Crippen LogP contribution is 2.32. The minimum absolute atomic E-state index is 0.00935. The van der Waals surface area contributed by atoms with Crippen molar-refractivity contribution < 1.29 is 14.0 Å². The molecule has 1 atom stereocenters. The summed E-state index contributed by atoms with van der Waals surface area (Å²) in [6.45, 7) is 2.04. The van der Waals surface area contributed by atoms with Crippen LogP contribution >= 0.6 is 11.3 Å². The number of aromatic nitrogens is 3. The summed E-state index contributed by atoms with van der Waals surface area (Å²) < 4.78 is 14.2. The van der Waals surface area contributed by atoms with Gasteiger partial charge in [-0.25, -0.2) is 9.37 Å². The van der Waals surface area contributed by atoms with Crippen LogP contribution in [0.2, 0.25) is 0 Å². The Labute approximate surface area is 176 Å². The standard InChI is InChI=1S/C21H20FN5O2S/c1-14(28)27(18-6-3-2-5-16(18)22)21-24-15(13-30-21)8-9-20(29)26-12-4-7-19(26)17-10-11-23-25-17/h2-3,5-6,8-11,13,19H,4,7,12H2,1H3,(H,23,25). The average Bonchev–Trinajstić information content (AvgIpc) is 3.48. The Kier molecular flexibility index (Phi) is 5.71. The molecule has 1 N–H and O–H groups in total. The summed E-state index contributed by atoms with van der Waals surface area (Å²) in [5, 5.41) is 8.98. The minimum Gasteiger partial charge on any atom is -0.331 e. The Morgan fingerprint density at radius 2 is 2.17 bits per heavy atom. The number of halogens is 1. The smallest absolute Gasteiger partial charge is 0.247 e. The molecule has 2 aromatic heterocycles. The van der Waals surface area contributed by atoms with Crippen molar-refractivity contribution in [3.05, 3.63) is 65.2 Å². The molecule has 9 heteroatoms. The molecule has 0 saturated carbocycles. The maximum atomic E-state index is 14.2. The molecule has 4 rings (SSSR count). The zero-order valence-electron chi connectivity index (χ0n) is 16.3. The first-order chi connectivity index (χ1) is 14.5. The lowest BCUT2D eigenvalue weighted by molar-refractivity contribution is -0.127. The molecule has 1 aliphatic heterocycles. The molecule has 30 heavy (non-hydrogen) atoms. The van der Waals surface area contributed by atoms with E-state index in [0.29, 0.717) is 17.4 Å². The first kappa shape index (κ1) is 20.0. The van der Waals surface area contributed by atoms with Crippen LogP contribution in [0.4, 0.5) is 15.2 Å². The Balaban J connectivity index is 1.51. The van der Waals surface area contributed by atoms with Crippen LogP contribution in [0.25, 0.3) is 6.08 Å². The molecule has 7 nitrogen and oxygen atoms in total. The van der Waals surface area contributed by atoms with Gasteiger partial charge in [0.25, 0.3) is 0 Å². The van der Waals surface area contributed by atoms with Gasteiger partial charge in [0.1, 0.15) is 5.82 Å². The molecule has 3 heterocycles. The number of carbonyl (C=O) groups is 2. The third-order valence-corrected chi connectivity index (χ3v) is 5.77. The van der Waals surface area contributed by atoms with Crippen molar-refractivity contribution in [2.75, 3.05) is 11.4 Å². The number of benzene rings is 1. The Morgan fingerprint density at radius 3 is 2.90 bits per heavy atom. The number of thiazole rings is 1. The first-order valence-electron chi connectivity index (χ1n) is 9.53. The molecule has 1 fully saturated rings. The van der Waals surface area contributed by atoms with Crippen LogP contribution in [-0.4, -0.2) is 38.4 Å². The monoisotopic (exact) mass is 425 g/mol. The van der Waals surface area contributed by atoms with E-state index < -0.39 is 5.82 Å². The number of H-pyrrole nitrogens is 1. The van der Waals surface area contributed by atoms with Crippen molar-refractivity contribution in [2.24, 2.45) is 0 Å². The summed E-state index contributed by atoms with van der Waals surface area (Å²) in [5.74, 6) is -0.964. The van der Waals surface area contributed by atoms with E-state index in [2.05, 4.69) is 15.2 Å². The van der Waals surface area contributed by atoms with Crippen molar-refractivity contribution in [2.45, 2.75) is 25.8 Å². The Hall–Kier alpha value is -3.33. The summed E-state index contributed by atoms with van der Waals surface area (Å²) >= 11 is 1.21. The van der Waals surface area contributed by atoms with Gasteiger partial charge >= 0.3 is 0 Å². The van der Waals surface area contributed by atoms with Gasteiger partial charge in [0.15, 0.2) is 5.13 Å². The zero-order chi connectivity index (χ0) is 21.1. The predicted molar refractivity (Wildman–Crippen MR) is 113 cm³/mol. The lowest BCUT2D eigenvalue weighted by atomic mass is 10.1. The number of rotatable bonds is 5. The summed E-state index contributed by atoms with van der Waals surface area (Å²) in [6, 6.07) is 7.92. The van der Waals surface area contributed by atoms with Gasteiger partial charge in [0.2, 0.25) is 11.8 Å². The fourth-order valence-electron chi connectivity index (χ4n) is 3.55. The van der Waals surface area contributed by atoms with Gasteiger partial charge in [-0.3, -0.25) is 19.6 Å². The highest BCUT2D eigenvalue weighted by atomic mass is 32.1. The summed E-state index contributed by atoms with van der Waals surface area (Å²) in [5.41, 5.74) is 1.60. The number of amides is 2. The van der Waals surface area contributed by atoms with E-state index in [0.717, 1.165) is 18.5 Å². The van der Waals surface area contributed by atoms with Gasteiger partial charge in [0, 0.05) is 31.1 Å². The molecule has 1 unspecified atom stereocenters. The van der Waals surface area contributed by atoms with Crippen molar-refractivity contribution in [1.29, 1.82) is 0 Å². The van der Waals surface area contributed by atoms with E-state index in [-0.39, 0.29) is 23.5 Å². The average molecular weight is 425 g/mol. The fourth-order valence-corrected chi connectivity index (χ4v) is 4.40. The summed E-state index contributed by atoms with van der Waals surface area (Å²) in [4.78, 5) is 32.3. The Bertz CT molecular complexity index is 1080. The molecule has 3 aromatic rings. The quantitative estimate of drug-likeness (QED) is 0.625. The van der Waals surface area contributed by atoms with Gasteiger partial charge in [-0.15, -0.1) is 11.3 Å². The van der Waals surface area contributed by atoms with E-state index >= 15 is 0 Å². The third-order valence-electron chi connectivity index (χ3n) is 4.92. The van der Waals surface area contributed by atoms with Crippen LogP contribution in [0.5, 0.6) is 0 Å². The van der Waals surface area contributed by atoms with E-state index in [9.17, 15) is 14.0 Å². The third kappa shape index (κ3) is 4.02. The largest absolute Gasteiger partial charge is 0.331 e. The van der Waals surface area contributed by atoms with Gasteiger partial charge < -0.3 is 4.90 Å². The topological polar surface area (TPSA) is 82.2 Å². The molecule has 1 aromatic carbocycles. The normalized spacial score (nSPS) is 16.3. The van der Waals surface area contributed by atoms with Crippen LogP contribution in [0.3, 0.4) is 0 Å². The highest BCUT2D eigenvalue weighted by molar-refractivity contribution is 7.14. The maximum Gasteiger partial charge on any atom is 0.247 e. The number of para-hydroxylation sites is 1. The number of aromatic amines is 1. The predicted octanol–water partition coefficient (Wildman–Crippen LogP) is 4.07. The maximum absolute atomic E-state index is 14.2. The fraction of sp³-hybridized carbons (Fsp3) is 0.238. The second-order valence-corrected chi connectivity index (χ2v) is 7.73. The molecule has 0 spiro atoms. The number of nitrogens with one attached hydrogen (secondary N) is 1. The molecule has 1 aliphatic rings. The second kappa shape index (κ2) is 8.58. The van der Waals surface area contributed by atoms with Crippen LogP contribution in [0.1, 0.15) is 37.2 Å². The number of anilines is 2. The van der Waals surface area contributed by atoms with E-state index in [1.54, 1.807) is 34.7 Å². The van der Waals surface area contributed by atoms with Gasteiger partial charge in [-0.2, -0.15) is 5.10 Å². The zero-order valence-corrected chi connectivity index (χ0v) is 17.1. The molecule has 0 bridgehead atoms. The lowest BCUT2D eigenvalue weighted by Crippen LogP contribution is -2.29. The van der Waals surface area contributed by atoms with E-state index in [1.807, 2.05) is 6.07 Å². The minimum atomic E-state index is -0.506. The van der Waals surface area contributed by atoms with Crippen LogP contribution in [0.15, 0.2) is 48.0 Å². The molecular formula is C21H20FN5O2S. The molecule has 0 aliphatic carbocycles. The molecule has 0 radical (unpaired) electrons. The van der Waals surface area contributed by atoms with E-state index in [1.165, 1.54) is 41.4 Å². The number of nitrogens with zero attached hydrogens (tertiary/aromatic N) is 4. The first-order valence-corrected chi connectivity index (χ1v) is 10.4. The van der Waals surface area contributed by atoms with Crippen molar-refractivity contribution in [3.8, 4) is 0 Å². The van der Waals surface area contributed by atoms with Crippen molar-refractivity contribution >= 4 is 40.0 Å². The second-order valence-electron chi connectivity index (χ2n) is 6.90. The summed E-state index contributed by atoms with van der Waals surface area (Å²) in [6.07, 6.45) is 6.59. The van der Waals surface area contributed by atoms with Crippen molar-refractivity contribution in [3.63, 3.8) is 0 Å². The number of hydrogen-bond acceptors (Lipinski definition) is 5. The highest BCUT2D eigenvalue weighted by Gasteiger charge is 2.29. The molecular weight excluding hydrogens is 405 g/mol. The van der Waals surface area contributed by atoms with E-state index in [4.69, 9.17) is 0 Å². The van der Waals surface area contributed by atoms with Gasteiger partial charge in [0.05, 0.1) is 23.1 Å². The molecule has 154 valence electrons. The molecule has 2 amide bonds. The number of carbonyl (C=O) groups excluding carboxylic acids is 2. The SMILES string of the molecule is CC(=O)N(c1nc(C=CC(=O)N2CCCC2c2ccn[nH]2)cs1)c1ccccc1F. The van der Waals surface area contributed by atoms with Crippen LogP contribution in [-0.2, 0) is 9.59 Å². The van der Waals surface area contributed by atoms with Crippen LogP contribution < -0.4 is 4.90 Å². The summed E-state index contributed by atoms with van der Waals surface area (Å²) in [7, 11) is 0. The number of hydrogen-bond donors (Lipinski definition) is 1. The van der Waals surface area contributed by atoms with Crippen molar-refractivity contribution in [1.82, 2.24) is 20.1 Å². The van der Waals surface area contributed by atoms with Crippen LogP contribution in [0, 0.1) is 5.82 Å². The van der Waals surface area contributed by atoms with Gasteiger partial charge in [-0.05, 0) is 37.1 Å². The Morgan fingerprint density at radius 1 is 1.33 bits per heavy atom. The lowest BCUT2D eigenvalue weighted by Gasteiger charge is -2.22.